The fraction of sp³-hybridized carbons (Fsp3) is 1.00. The van der Waals surface area contributed by atoms with Gasteiger partial charge in [0.2, 0.25) is 0 Å². The number of aliphatic hydroxyl groups is 1. The first kappa shape index (κ1) is 6.05. The molecule has 2 atom stereocenters. The van der Waals surface area contributed by atoms with Gasteiger partial charge in [0.15, 0.2) is 0 Å². The molecule has 0 aliphatic heterocycles. The van der Waals surface area contributed by atoms with Crippen molar-refractivity contribution in [1.82, 2.24) is 0 Å². The van der Waals surface area contributed by atoms with Gasteiger partial charge in [-0.3, -0.25) is 0 Å². The van der Waals surface area contributed by atoms with E-state index in [1.54, 1.807) is 7.11 Å². The summed E-state index contributed by atoms with van der Waals surface area (Å²) in [5, 5.41) is 8.55. The monoisotopic (exact) mass is 116 g/mol. The van der Waals surface area contributed by atoms with E-state index in [-0.39, 0.29) is 0 Å². The first-order valence-electron chi connectivity index (χ1n) is 2.98. The molecule has 1 saturated carbocycles. The Bertz CT molecular complexity index is 72.9. The lowest BCUT2D eigenvalue weighted by Crippen LogP contribution is -1.95. The Labute approximate surface area is 49.5 Å². The van der Waals surface area contributed by atoms with E-state index in [9.17, 15) is 0 Å². The van der Waals surface area contributed by atoms with Crippen LogP contribution >= 0.6 is 0 Å². The molecule has 0 saturated heterocycles. The maximum atomic E-state index is 8.55. The van der Waals surface area contributed by atoms with Crippen molar-refractivity contribution in [3.05, 3.63) is 0 Å². The number of hydrogen-bond acceptors (Lipinski definition) is 2. The van der Waals surface area contributed by atoms with Gasteiger partial charge < -0.3 is 9.84 Å². The van der Waals surface area contributed by atoms with E-state index in [4.69, 9.17) is 9.84 Å². The summed E-state index contributed by atoms with van der Waals surface area (Å²) >= 11 is 0. The molecule has 1 N–H and O–H groups in total. The molecule has 0 spiro atoms. The van der Waals surface area contributed by atoms with Crippen molar-refractivity contribution in [1.29, 1.82) is 0 Å². The highest BCUT2D eigenvalue weighted by atomic mass is 16.5. The first-order chi connectivity index (χ1) is 3.88. The van der Waals surface area contributed by atoms with Crippen LogP contribution in [-0.2, 0) is 4.74 Å². The average molecular weight is 116 g/mol. The first-order valence-corrected chi connectivity index (χ1v) is 2.98. The molecule has 1 rings (SSSR count). The molecule has 2 heteroatoms. The van der Waals surface area contributed by atoms with Gasteiger partial charge >= 0.3 is 0 Å². The number of hydrogen-bond donors (Lipinski definition) is 1. The number of methoxy groups -OCH3 is 1. The Morgan fingerprint density at radius 2 is 2.38 bits per heavy atom. The van der Waals surface area contributed by atoms with E-state index < -0.39 is 0 Å². The molecule has 0 heterocycles. The predicted octanol–water partition coefficient (Wildman–Crippen LogP) is 0.261. The Morgan fingerprint density at radius 1 is 1.62 bits per heavy atom. The van der Waals surface area contributed by atoms with Gasteiger partial charge in [-0.15, -0.1) is 0 Å². The zero-order chi connectivity index (χ0) is 5.98. The summed E-state index contributed by atoms with van der Waals surface area (Å²) in [4.78, 5) is 0. The summed E-state index contributed by atoms with van der Waals surface area (Å²) in [5.74, 6) is 1.21. The van der Waals surface area contributed by atoms with Crippen LogP contribution in [0.3, 0.4) is 0 Å². The Kier molecular flexibility index (Phi) is 1.86. The lowest BCUT2D eigenvalue weighted by atomic mass is 10.3. The van der Waals surface area contributed by atoms with Crippen molar-refractivity contribution < 1.29 is 9.84 Å². The molecule has 8 heavy (non-hydrogen) atoms. The molecule has 0 bridgehead atoms. The molecule has 48 valence electrons. The van der Waals surface area contributed by atoms with Gasteiger partial charge in [-0.25, -0.2) is 0 Å². The summed E-state index contributed by atoms with van der Waals surface area (Å²) in [6, 6.07) is 0. The van der Waals surface area contributed by atoms with Gasteiger partial charge in [-0.2, -0.15) is 0 Å². The highest BCUT2D eigenvalue weighted by Crippen LogP contribution is 2.37. The smallest absolute Gasteiger partial charge is 0.0494 e. The summed E-state index contributed by atoms with van der Waals surface area (Å²) in [5.41, 5.74) is 0. The fourth-order valence-electron chi connectivity index (χ4n) is 0.952. The maximum Gasteiger partial charge on any atom is 0.0494 e. The topological polar surface area (TPSA) is 29.5 Å². The van der Waals surface area contributed by atoms with Crippen molar-refractivity contribution in [2.45, 2.75) is 6.42 Å². The van der Waals surface area contributed by atoms with E-state index in [2.05, 4.69) is 0 Å². The van der Waals surface area contributed by atoms with Crippen LogP contribution in [0.2, 0.25) is 0 Å². The molecule has 1 aliphatic rings. The van der Waals surface area contributed by atoms with Gasteiger partial charge in [-0.05, 0) is 18.3 Å². The van der Waals surface area contributed by atoms with E-state index in [1.165, 1.54) is 0 Å². The van der Waals surface area contributed by atoms with Crippen LogP contribution in [0.15, 0.2) is 0 Å². The standard InChI is InChI=1S/C6H12O2/c1-8-4-6-2-5(6)3-7/h5-7H,2-4H2,1H3/t5-,6-/m1/s1. The highest BCUT2D eigenvalue weighted by Gasteiger charge is 2.35. The average Bonchev–Trinajstić information content (AvgIpc) is 2.48. The second-order valence-corrected chi connectivity index (χ2v) is 2.39. The number of rotatable bonds is 3. The molecule has 0 aromatic rings. The Balaban J connectivity index is 1.99. The van der Waals surface area contributed by atoms with E-state index in [0.29, 0.717) is 18.4 Å². The molecule has 0 aromatic heterocycles. The van der Waals surface area contributed by atoms with Gasteiger partial charge in [0.1, 0.15) is 0 Å². The summed E-state index contributed by atoms with van der Waals surface area (Å²) in [6.07, 6.45) is 1.16. The minimum absolute atomic E-state index is 0.341. The number of aliphatic hydroxyl groups excluding tert-OH is 1. The van der Waals surface area contributed by atoms with Crippen LogP contribution < -0.4 is 0 Å². The summed E-state index contributed by atoms with van der Waals surface area (Å²) in [6.45, 7) is 1.17. The van der Waals surface area contributed by atoms with Gasteiger partial charge in [0, 0.05) is 20.3 Å². The van der Waals surface area contributed by atoms with Crippen molar-refractivity contribution in [2.24, 2.45) is 11.8 Å². The molecular weight excluding hydrogens is 104 g/mol. The van der Waals surface area contributed by atoms with Gasteiger partial charge in [0.25, 0.3) is 0 Å². The summed E-state index contributed by atoms with van der Waals surface area (Å²) in [7, 11) is 1.70. The molecule has 2 nitrogen and oxygen atoms in total. The maximum absolute atomic E-state index is 8.55. The second kappa shape index (κ2) is 2.46. The number of ether oxygens (including phenoxy) is 1. The highest BCUT2D eigenvalue weighted by molar-refractivity contribution is 4.84. The molecule has 0 unspecified atom stereocenters. The normalized spacial score (nSPS) is 35.2. The van der Waals surface area contributed by atoms with Crippen LogP contribution in [0.1, 0.15) is 6.42 Å². The van der Waals surface area contributed by atoms with Crippen molar-refractivity contribution in [3.63, 3.8) is 0 Å². The van der Waals surface area contributed by atoms with Crippen LogP contribution in [0.25, 0.3) is 0 Å². The van der Waals surface area contributed by atoms with E-state index >= 15 is 0 Å². The molecule has 0 amide bonds. The van der Waals surface area contributed by atoms with Crippen molar-refractivity contribution in [2.75, 3.05) is 20.3 Å². The van der Waals surface area contributed by atoms with Crippen LogP contribution in [0.4, 0.5) is 0 Å². The molecular formula is C6H12O2. The zero-order valence-electron chi connectivity index (χ0n) is 5.13. The quantitative estimate of drug-likeness (QED) is 0.573. The van der Waals surface area contributed by atoms with Crippen LogP contribution in [-0.4, -0.2) is 25.4 Å². The van der Waals surface area contributed by atoms with Crippen LogP contribution in [0, 0.1) is 11.8 Å². The fourth-order valence-corrected chi connectivity index (χ4v) is 0.952. The zero-order valence-corrected chi connectivity index (χ0v) is 5.13. The van der Waals surface area contributed by atoms with Crippen molar-refractivity contribution in [3.8, 4) is 0 Å². The third kappa shape index (κ3) is 1.20. The van der Waals surface area contributed by atoms with Gasteiger partial charge in [-0.1, -0.05) is 0 Å². The third-order valence-electron chi connectivity index (χ3n) is 1.68. The lowest BCUT2D eigenvalue weighted by Gasteiger charge is -1.92. The lowest BCUT2D eigenvalue weighted by molar-refractivity contribution is 0.171. The van der Waals surface area contributed by atoms with Crippen molar-refractivity contribution >= 4 is 0 Å². The molecule has 1 aliphatic carbocycles. The molecule has 0 radical (unpaired) electrons. The van der Waals surface area contributed by atoms with E-state index in [1.807, 2.05) is 0 Å². The second-order valence-electron chi connectivity index (χ2n) is 2.39. The minimum Gasteiger partial charge on any atom is -0.396 e. The largest absolute Gasteiger partial charge is 0.396 e. The van der Waals surface area contributed by atoms with Crippen LogP contribution in [0.5, 0.6) is 0 Å². The predicted molar refractivity (Wildman–Crippen MR) is 30.6 cm³/mol. The Hall–Kier alpha value is -0.0800. The third-order valence-corrected chi connectivity index (χ3v) is 1.68. The molecule has 1 fully saturated rings. The minimum atomic E-state index is 0.341. The van der Waals surface area contributed by atoms with Gasteiger partial charge in [0.05, 0.1) is 0 Å². The Morgan fingerprint density at radius 3 is 2.75 bits per heavy atom. The SMILES string of the molecule is COC[C@H]1C[C@@H]1CO. The summed E-state index contributed by atoms with van der Waals surface area (Å²) < 4.78 is 4.89. The molecule has 0 aromatic carbocycles. The van der Waals surface area contributed by atoms with E-state index in [0.717, 1.165) is 13.0 Å².